The number of fused-ring (bicyclic) bond motifs is 3. The number of amides is 2. The van der Waals surface area contributed by atoms with Crippen molar-refractivity contribution in [3.63, 3.8) is 0 Å². The van der Waals surface area contributed by atoms with Crippen LogP contribution in [-0.4, -0.2) is 40.9 Å². The molecule has 2 bridgehead atoms. The third kappa shape index (κ3) is 3.32. The zero-order valence-electron chi connectivity index (χ0n) is 15.5. The van der Waals surface area contributed by atoms with E-state index in [4.69, 9.17) is 14.2 Å². The first kappa shape index (κ1) is 17.2. The van der Waals surface area contributed by atoms with Gasteiger partial charge in [-0.1, -0.05) is 6.07 Å². The Kier molecular flexibility index (Phi) is 4.43. The van der Waals surface area contributed by atoms with Crippen molar-refractivity contribution in [2.24, 2.45) is 0 Å². The van der Waals surface area contributed by atoms with Gasteiger partial charge >= 0.3 is 6.03 Å². The van der Waals surface area contributed by atoms with Crippen LogP contribution in [-0.2, 0) is 6.54 Å². The van der Waals surface area contributed by atoms with Gasteiger partial charge < -0.3 is 24.4 Å². The molecule has 28 heavy (non-hydrogen) atoms. The predicted molar refractivity (Wildman–Crippen MR) is 101 cm³/mol. The third-order valence-corrected chi connectivity index (χ3v) is 5.76. The number of ether oxygens (including phenoxy) is 3. The number of carbonyl (C=O) groups excluding carboxylic acids is 1. The quantitative estimate of drug-likeness (QED) is 0.881. The van der Waals surface area contributed by atoms with E-state index in [0.717, 1.165) is 48.5 Å². The number of carbonyl (C=O) groups is 1. The second-order valence-electron chi connectivity index (χ2n) is 7.53. The molecule has 146 valence electrons. The summed E-state index contributed by atoms with van der Waals surface area (Å²) in [6, 6.07) is 10.0. The lowest BCUT2D eigenvalue weighted by Crippen LogP contribution is -2.52. The van der Waals surface area contributed by atoms with Gasteiger partial charge in [0.05, 0.1) is 0 Å². The van der Waals surface area contributed by atoms with Crippen molar-refractivity contribution in [2.75, 3.05) is 6.79 Å². The highest BCUT2D eigenvalue weighted by atomic mass is 16.7. The van der Waals surface area contributed by atoms with Crippen molar-refractivity contribution in [2.45, 2.75) is 50.4 Å². The average Bonchev–Trinajstić information content (AvgIpc) is 3.29. The fraction of sp³-hybridized carbons (Fsp3) is 0.429. The smallest absolute Gasteiger partial charge is 0.318 e. The number of aromatic nitrogens is 1. The summed E-state index contributed by atoms with van der Waals surface area (Å²) in [4.78, 5) is 18.9. The number of nitrogens with zero attached hydrogens (tertiary/aromatic N) is 2. The van der Waals surface area contributed by atoms with Gasteiger partial charge in [-0.05, 0) is 42.7 Å². The van der Waals surface area contributed by atoms with Gasteiger partial charge in [-0.3, -0.25) is 4.98 Å². The number of urea groups is 1. The molecule has 3 aliphatic rings. The highest BCUT2D eigenvalue weighted by Crippen LogP contribution is 2.37. The molecule has 2 fully saturated rings. The number of nitrogens with one attached hydrogen (secondary N) is 1. The van der Waals surface area contributed by atoms with Crippen LogP contribution in [0.5, 0.6) is 17.2 Å². The molecule has 2 aromatic rings. The molecule has 3 aliphatic heterocycles. The largest absolute Gasteiger partial charge is 0.490 e. The zero-order valence-corrected chi connectivity index (χ0v) is 15.5. The minimum absolute atomic E-state index is 0.00697. The van der Waals surface area contributed by atoms with Gasteiger partial charge in [-0.2, -0.15) is 0 Å². The van der Waals surface area contributed by atoms with Crippen molar-refractivity contribution >= 4 is 6.03 Å². The van der Waals surface area contributed by atoms with Crippen LogP contribution in [0.4, 0.5) is 4.79 Å². The van der Waals surface area contributed by atoms with Gasteiger partial charge in [0.25, 0.3) is 0 Å². The van der Waals surface area contributed by atoms with Gasteiger partial charge in [0.15, 0.2) is 11.5 Å². The molecule has 2 atom stereocenters. The maximum absolute atomic E-state index is 12.8. The molecule has 7 heteroatoms. The SMILES string of the molecule is O=C(NCc1ccc2c(c1)OCO2)N1C2CCC1CC(Oc1ccncc1)C2. The fourth-order valence-corrected chi connectivity index (χ4v) is 4.48. The van der Waals surface area contributed by atoms with Crippen LogP contribution >= 0.6 is 0 Å². The molecule has 2 unspecified atom stereocenters. The molecule has 7 nitrogen and oxygen atoms in total. The summed E-state index contributed by atoms with van der Waals surface area (Å²) in [5.74, 6) is 2.34. The standard InChI is InChI=1S/C21H23N3O4/c25-21(23-12-14-1-4-19-20(9-14)27-13-26-19)24-15-2-3-16(24)11-18(10-15)28-17-5-7-22-8-6-17/h1,4-9,15-16,18H,2-3,10-13H2,(H,23,25). The maximum atomic E-state index is 12.8. The van der Waals surface area contributed by atoms with Crippen molar-refractivity contribution in [3.05, 3.63) is 48.3 Å². The molecule has 1 aromatic carbocycles. The summed E-state index contributed by atoms with van der Waals surface area (Å²) in [5.41, 5.74) is 1.00. The summed E-state index contributed by atoms with van der Waals surface area (Å²) in [6.07, 6.45) is 7.45. The van der Waals surface area contributed by atoms with E-state index < -0.39 is 0 Å². The number of piperidine rings is 1. The minimum Gasteiger partial charge on any atom is -0.490 e. The predicted octanol–water partition coefficient (Wildman–Crippen LogP) is 3.09. The Morgan fingerprint density at radius 1 is 1.11 bits per heavy atom. The topological polar surface area (TPSA) is 72.9 Å². The third-order valence-electron chi connectivity index (χ3n) is 5.76. The number of hydrogen-bond acceptors (Lipinski definition) is 5. The van der Waals surface area contributed by atoms with E-state index in [9.17, 15) is 4.79 Å². The zero-order chi connectivity index (χ0) is 18.9. The van der Waals surface area contributed by atoms with Gasteiger partial charge in [-0.25, -0.2) is 4.79 Å². The Balaban J connectivity index is 1.18. The number of pyridine rings is 1. The Morgan fingerprint density at radius 3 is 2.64 bits per heavy atom. The van der Waals surface area contributed by atoms with E-state index in [1.807, 2.05) is 35.2 Å². The van der Waals surface area contributed by atoms with Crippen LogP contribution in [0.25, 0.3) is 0 Å². The van der Waals surface area contributed by atoms with E-state index in [1.165, 1.54) is 0 Å². The van der Waals surface area contributed by atoms with Crippen molar-refractivity contribution < 1.29 is 19.0 Å². The number of benzene rings is 1. The van der Waals surface area contributed by atoms with Gasteiger partial charge in [0.2, 0.25) is 6.79 Å². The van der Waals surface area contributed by atoms with Crippen molar-refractivity contribution in [1.82, 2.24) is 15.2 Å². The average molecular weight is 381 g/mol. The molecule has 5 rings (SSSR count). The van der Waals surface area contributed by atoms with Crippen molar-refractivity contribution in [1.29, 1.82) is 0 Å². The second-order valence-corrected chi connectivity index (χ2v) is 7.53. The van der Waals surface area contributed by atoms with Crippen LogP contribution in [0.1, 0.15) is 31.2 Å². The Labute approximate surface area is 163 Å². The lowest BCUT2D eigenvalue weighted by molar-refractivity contribution is 0.0686. The van der Waals surface area contributed by atoms with Crippen molar-refractivity contribution in [3.8, 4) is 17.2 Å². The van der Waals surface area contributed by atoms with Gasteiger partial charge in [0.1, 0.15) is 11.9 Å². The summed E-state index contributed by atoms with van der Waals surface area (Å²) >= 11 is 0. The molecular formula is C21H23N3O4. The van der Waals surface area contributed by atoms with E-state index >= 15 is 0 Å². The molecule has 4 heterocycles. The first-order chi connectivity index (χ1) is 13.8. The highest BCUT2D eigenvalue weighted by molar-refractivity contribution is 5.75. The summed E-state index contributed by atoms with van der Waals surface area (Å²) in [7, 11) is 0. The molecule has 1 aromatic heterocycles. The van der Waals surface area contributed by atoms with Crippen LogP contribution < -0.4 is 19.5 Å². The monoisotopic (exact) mass is 381 g/mol. The van der Waals surface area contributed by atoms with Gasteiger partial charge in [0, 0.05) is 43.9 Å². The maximum Gasteiger partial charge on any atom is 0.318 e. The molecule has 1 N–H and O–H groups in total. The fourth-order valence-electron chi connectivity index (χ4n) is 4.48. The first-order valence-electron chi connectivity index (χ1n) is 9.77. The Bertz CT molecular complexity index is 846. The minimum atomic E-state index is 0.00697. The highest BCUT2D eigenvalue weighted by Gasteiger charge is 2.44. The normalized spacial score (nSPS) is 24.9. The molecular weight excluding hydrogens is 358 g/mol. The Hall–Kier alpha value is -2.96. The molecule has 0 aliphatic carbocycles. The summed E-state index contributed by atoms with van der Waals surface area (Å²) < 4.78 is 16.8. The number of hydrogen-bond donors (Lipinski definition) is 1. The molecule has 0 radical (unpaired) electrons. The Morgan fingerprint density at radius 2 is 1.86 bits per heavy atom. The van der Waals surface area contributed by atoms with E-state index in [2.05, 4.69) is 10.3 Å². The first-order valence-corrected chi connectivity index (χ1v) is 9.77. The molecule has 0 spiro atoms. The van der Waals surface area contributed by atoms with Crippen LogP contribution in [0, 0.1) is 0 Å². The lowest BCUT2D eigenvalue weighted by Gasteiger charge is -2.38. The van der Waals surface area contributed by atoms with E-state index in [-0.39, 0.29) is 31.0 Å². The van der Waals surface area contributed by atoms with E-state index in [1.54, 1.807) is 12.4 Å². The lowest BCUT2D eigenvalue weighted by atomic mass is 10.00. The molecule has 2 amide bonds. The van der Waals surface area contributed by atoms with Crippen LogP contribution in [0.15, 0.2) is 42.7 Å². The second kappa shape index (κ2) is 7.22. The van der Waals surface area contributed by atoms with E-state index in [0.29, 0.717) is 6.54 Å². The molecule has 0 saturated carbocycles. The molecule has 2 saturated heterocycles. The van der Waals surface area contributed by atoms with Crippen LogP contribution in [0.3, 0.4) is 0 Å². The van der Waals surface area contributed by atoms with Crippen LogP contribution in [0.2, 0.25) is 0 Å². The number of rotatable bonds is 4. The summed E-state index contributed by atoms with van der Waals surface area (Å²) in [5, 5.41) is 3.07. The summed E-state index contributed by atoms with van der Waals surface area (Å²) in [6.45, 7) is 0.730. The van der Waals surface area contributed by atoms with Gasteiger partial charge in [-0.15, -0.1) is 0 Å².